The molecule has 0 unspecified atom stereocenters. The summed E-state index contributed by atoms with van der Waals surface area (Å²) >= 11 is 5.48. The quantitative estimate of drug-likeness (QED) is 0.437. The minimum absolute atomic E-state index is 0.217. The van der Waals surface area contributed by atoms with Gasteiger partial charge < -0.3 is 9.67 Å². The van der Waals surface area contributed by atoms with Crippen LogP contribution in [0.3, 0.4) is 0 Å². The molecule has 0 amide bonds. The largest absolute Gasteiger partial charge is 0.508 e. The third-order valence-electron chi connectivity index (χ3n) is 1.17. The van der Waals surface area contributed by atoms with Crippen molar-refractivity contribution in [3.8, 4) is 0 Å². The molecule has 0 aromatic heterocycles. The molecule has 0 atom stereocenters. The molecule has 0 saturated heterocycles. The van der Waals surface area contributed by atoms with Gasteiger partial charge in [0.05, 0.1) is 5.31 Å². The molecule has 0 fully saturated rings. The van der Waals surface area contributed by atoms with Crippen molar-refractivity contribution in [3.63, 3.8) is 0 Å². The van der Waals surface area contributed by atoms with E-state index in [9.17, 15) is 4.57 Å². The van der Waals surface area contributed by atoms with Gasteiger partial charge in [-0.2, -0.15) is 0 Å². The second-order valence-corrected chi connectivity index (χ2v) is 6.44. The molecule has 0 aromatic carbocycles. The SMILES string of the molecule is C=C(Cl)/C=C(\C(=C)O)P(C)(C)=O. The highest BCUT2D eigenvalue weighted by atomic mass is 35.5. The summed E-state index contributed by atoms with van der Waals surface area (Å²) in [5.41, 5.74) is 0. The van der Waals surface area contributed by atoms with E-state index in [1.165, 1.54) is 19.4 Å². The van der Waals surface area contributed by atoms with Crippen LogP contribution in [0.5, 0.6) is 0 Å². The molecule has 12 heavy (non-hydrogen) atoms. The van der Waals surface area contributed by atoms with E-state index in [-0.39, 0.29) is 16.1 Å². The number of aliphatic hydroxyl groups is 1. The molecule has 1 N–H and O–H groups in total. The third kappa shape index (κ3) is 3.80. The van der Waals surface area contributed by atoms with Gasteiger partial charge in [-0.3, -0.25) is 0 Å². The van der Waals surface area contributed by atoms with Gasteiger partial charge in [-0.05, 0) is 19.4 Å². The van der Waals surface area contributed by atoms with Crippen LogP contribution in [-0.4, -0.2) is 18.4 Å². The lowest BCUT2D eigenvalue weighted by Gasteiger charge is -2.09. The first-order valence-electron chi connectivity index (χ1n) is 3.25. The summed E-state index contributed by atoms with van der Waals surface area (Å²) < 4.78 is 11.5. The van der Waals surface area contributed by atoms with E-state index in [4.69, 9.17) is 16.7 Å². The molecule has 0 aromatic rings. The van der Waals surface area contributed by atoms with E-state index in [0.717, 1.165) is 0 Å². The zero-order valence-corrected chi connectivity index (χ0v) is 8.82. The van der Waals surface area contributed by atoms with Crippen LogP contribution in [0, 0.1) is 0 Å². The van der Waals surface area contributed by atoms with Crippen LogP contribution >= 0.6 is 18.7 Å². The molecule has 0 radical (unpaired) electrons. The fourth-order valence-electron chi connectivity index (χ4n) is 0.698. The molecule has 0 heterocycles. The van der Waals surface area contributed by atoms with Crippen molar-refractivity contribution >= 4 is 18.7 Å². The highest BCUT2D eigenvalue weighted by molar-refractivity contribution is 7.67. The fraction of sp³-hybridized carbons (Fsp3) is 0.250. The van der Waals surface area contributed by atoms with Gasteiger partial charge in [0, 0.05) is 5.03 Å². The molecular formula is C8H12ClO2P. The molecule has 0 aliphatic carbocycles. The molecule has 0 aliphatic heterocycles. The summed E-state index contributed by atoms with van der Waals surface area (Å²) in [5, 5.41) is 9.55. The van der Waals surface area contributed by atoms with Gasteiger partial charge >= 0.3 is 0 Å². The Hall–Kier alpha value is -0.460. The summed E-state index contributed by atoms with van der Waals surface area (Å²) in [6, 6.07) is 0. The summed E-state index contributed by atoms with van der Waals surface area (Å²) in [6.45, 7) is 9.75. The van der Waals surface area contributed by atoms with Crippen molar-refractivity contribution in [2.75, 3.05) is 13.3 Å². The number of halogens is 1. The van der Waals surface area contributed by atoms with Crippen LogP contribution in [0.15, 0.2) is 35.3 Å². The Morgan fingerprint density at radius 2 is 1.92 bits per heavy atom. The van der Waals surface area contributed by atoms with Crippen molar-refractivity contribution in [2.24, 2.45) is 0 Å². The van der Waals surface area contributed by atoms with Gasteiger partial charge in [0.1, 0.15) is 12.9 Å². The van der Waals surface area contributed by atoms with Crippen molar-refractivity contribution in [3.05, 3.63) is 35.3 Å². The Labute approximate surface area is 77.6 Å². The van der Waals surface area contributed by atoms with Gasteiger partial charge in [-0.15, -0.1) is 0 Å². The van der Waals surface area contributed by atoms with E-state index >= 15 is 0 Å². The summed E-state index contributed by atoms with van der Waals surface area (Å²) in [4.78, 5) is 0. The van der Waals surface area contributed by atoms with Crippen molar-refractivity contribution in [2.45, 2.75) is 0 Å². The smallest absolute Gasteiger partial charge is 0.119 e. The molecule has 0 bridgehead atoms. The van der Waals surface area contributed by atoms with Crippen molar-refractivity contribution in [1.82, 2.24) is 0 Å². The van der Waals surface area contributed by atoms with Crippen molar-refractivity contribution in [1.29, 1.82) is 0 Å². The standard InChI is InChI=1S/C8H12ClO2P/c1-6(9)5-8(7(2)10)12(3,4)11/h5,10H,1-2H2,3-4H3/b8-5+. The molecule has 0 rings (SSSR count). The van der Waals surface area contributed by atoms with Gasteiger partial charge in [0.25, 0.3) is 0 Å². The number of allylic oxidation sites excluding steroid dienone is 3. The first-order valence-corrected chi connectivity index (χ1v) is 6.23. The molecular weight excluding hydrogens is 195 g/mol. The van der Waals surface area contributed by atoms with Gasteiger partial charge in [0.2, 0.25) is 0 Å². The molecule has 4 heteroatoms. The van der Waals surface area contributed by atoms with E-state index in [0.29, 0.717) is 0 Å². The maximum Gasteiger partial charge on any atom is 0.119 e. The number of aliphatic hydroxyl groups excluding tert-OH is 1. The van der Waals surface area contributed by atoms with Crippen LogP contribution in [0.25, 0.3) is 0 Å². The van der Waals surface area contributed by atoms with Crippen LogP contribution in [0.2, 0.25) is 0 Å². The maximum absolute atomic E-state index is 11.5. The lowest BCUT2D eigenvalue weighted by atomic mass is 10.4. The molecule has 0 spiro atoms. The average molecular weight is 207 g/mol. The molecule has 2 nitrogen and oxygen atoms in total. The van der Waals surface area contributed by atoms with E-state index in [1.54, 1.807) is 0 Å². The Morgan fingerprint density at radius 1 is 1.50 bits per heavy atom. The lowest BCUT2D eigenvalue weighted by Crippen LogP contribution is -1.88. The van der Waals surface area contributed by atoms with E-state index in [2.05, 4.69) is 13.2 Å². The van der Waals surface area contributed by atoms with Crippen LogP contribution in [0.4, 0.5) is 0 Å². The minimum atomic E-state index is -2.52. The van der Waals surface area contributed by atoms with E-state index < -0.39 is 7.14 Å². The number of hydrogen-bond donors (Lipinski definition) is 1. The Bertz CT molecular complexity index is 285. The predicted octanol–water partition coefficient (Wildman–Crippen LogP) is 3.32. The number of rotatable bonds is 3. The second-order valence-electron chi connectivity index (χ2n) is 2.77. The molecule has 68 valence electrons. The Balaban J connectivity index is 5.08. The summed E-state index contributed by atoms with van der Waals surface area (Å²) in [6.07, 6.45) is 1.37. The number of hydrogen-bond acceptors (Lipinski definition) is 2. The van der Waals surface area contributed by atoms with Crippen LogP contribution < -0.4 is 0 Å². The Kier molecular flexibility index (Phi) is 3.82. The first kappa shape index (κ1) is 11.5. The predicted molar refractivity (Wildman–Crippen MR) is 54.3 cm³/mol. The normalized spacial score (nSPS) is 12.8. The second kappa shape index (κ2) is 3.97. The molecule has 0 saturated carbocycles. The third-order valence-corrected chi connectivity index (χ3v) is 2.83. The monoisotopic (exact) mass is 206 g/mol. The highest BCUT2D eigenvalue weighted by Gasteiger charge is 2.17. The zero-order valence-electron chi connectivity index (χ0n) is 7.17. The topological polar surface area (TPSA) is 37.3 Å². The molecule has 0 aliphatic rings. The summed E-state index contributed by atoms with van der Waals surface area (Å²) in [7, 11) is -2.52. The maximum atomic E-state index is 11.5. The van der Waals surface area contributed by atoms with Crippen LogP contribution in [0.1, 0.15) is 0 Å². The van der Waals surface area contributed by atoms with Crippen molar-refractivity contribution < 1.29 is 9.67 Å². The van der Waals surface area contributed by atoms with Crippen LogP contribution in [-0.2, 0) is 4.57 Å². The lowest BCUT2D eigenvalue weighted by molar-refractivity contribution is 0.431. The summed E-state index contributed by atoms with van der Waals surface area (Å²) in [5.74, 6) is -0.217. The van der Waals surface area contributed by atoms with Gasteiger partial charge in [-0.25, -0.2) is 0 Å². The average Bonchev–Trinajstić information content (AvgIpc) is 1.79. The van der Waals surface area contributed by atoms with E-state index in [1.807, 2.05) is 0 Å². The Morgan fingerprint density at radius 3 is 2.00 bits per heavy atom. The van der Waals surface area contributed by atoms with Gasteiger partial charge in [0.15, 0.2) is 0 Å². The first-order chi connectivity index (χ1) is 5.25. The minimum Gasteiger partial charge on any atom is -0.508 e. The zero-order chi connectivity index (χ0) is 9.94. The van der Waals surface area contributed by atoms with Gasteiger partial charge in [-0.1, -0.05) is 24.8 Å². The fourth-order valence-corrected chi connectivity index (χ4v) is 1.97. The highest BCUT2D eigenvalue weighted by Crippen LogP contribution is 2.49.